The molecule has 0 saturated heterocycles. The van der Waals surface area contributed by atoms with Gasteiger partial charge in [-0.2, -0.15) is 16.4 Å². The number of thiophene rings is 1. The van der Waals surface area contributed by atoms with E-state index in [1.165, 1.54) is 0 Å². The smallest absolute Gasteiger partial charge is 0.267 e. The van der Waals surface area contributed by atoms with Crippen LogP contribution in [0, 0.1) is 0 Å². The third-order valence-corrected chi connectivity index (χ3v) is 3.26. The molecular weight excluding hydrogens is 300 g/mol. The maximum atomic E-state index is 11.6. The maximum absolute atomic E-state index is 11.6. The van der Waals surface area contributed by atoms with Crippen LogP contribution in [0.3, 0.4) is 0 Å². The Bertz CT molecular complexity index is 520. The molecule has 5 heteroatoms. The number of hydrogen-bond donors (Lipinski definition) is 1. The van der Waals surface area contributed by atoms with E-state index < -0.39 is 0 Å². The van der Waals surface area contributed by atoms with Crippen molar-refractivity contribution in [3.63, 3.8) is 0 Å². The highest BCUT2D eigenvalue weighted by atomic mass is 79.9. The van der Waals surface area contributed by atoms with Crippen LogP contribution in [-0.4, -0.2) is 12.1 Å². The molecule has 1 aromatic heterocycles. The molecule has 0 unspecified atom stereocenters. The second kappa shape index (κ2) is 5.75. The first-order chi connectivity index (χ1) is 8.25. The van der Waals surface area contributed by atoms with Gasteiger partial charge in [-0.25, -0.2) is 5.43 Å². The third kappa shape index (κ3) is 3.51. The highest BCUT2D eigenvalue weighted by molar-refractivity contribution is 9.10. The van der Waals surface area contributed by atoms with Crippen molar-refractivity contribution < 1.29 is 4.79 Å². The first kappa shape index (κ1) is 12.0. The van der Waals surface area contributed by atoms with Crippen molar-refractivity contribution in [2.75, 3.05) is 0 Å². The van der Waals surface area contributed by atoms with Crippen molar-refractivity contribution in [1.29, 1.82) is 0 Å². The molecule has 0 bridgehead atoms. The number of carbonyl (C=O) groups excluding carboxylic acids is 1. The number of benzene rings is 1. The predicted molar refractivity (Wildman–Crippen MR) is 73.5 cm³/mol. The fraction of sp³-hybridized carbons (Fsp3) is 0. The Hall–Kier alpha value is -1.46. The Morgan fingerprint density at radius 1 is 1.29 bits per heavy atom. The van der Waals surface area contributed by atoms with Crippen LogP contribution < -0.4 is 5.43 Å². The first-order valence-electron chi connectivity index (χ1n) is 4.87. The summed E-state index contributed by atoms with van der Waals surface area (Å²) in [5.74, 6) is -0.219. The van der Waals surface area contributed by atoms with E-state index in [0.717, 1.165) is 10.0 Å². The number of halogens is 1. The summed E-state index contributed by atoms with van der Waals surface area (Å²) in [4.78, 5) is 11.6. The van der Waals surface area contributed by atoms with E-state index >= 15 is 0 Å². The number of carbonyl (C=O) groups is 1. The highest BCUT2D eigenvalue weighted by Gasteiger charge is 2.02. The molecule has 1 amide bonds. The lowest BCUT2D eigenvalue weighted by atomic mass is 10.2. The molecule has 1 N–H and O–H groups in total. The van der Waals surface area contributed by atoms with E-state index in [0.29, 0.717) is 5.56 Å². The molecule has 17 heavy (non-hydrogen) atoms. The Balaban J connectivity index is 1.96. The topological polar surface area (TPSA) is 41.5 Å². The third-order valence-electron chi connectivity index (χ3n) is 2.03. The minimum atomic E-state index is -0.219. The van der Waals surface area contributed by atoms with Crippen LogP contribution in [0.25, 0.3) is 0 Å². The Morgan fingerprint density at radius 2 is 2.06 bits per heavy atom. The minimum absolute atomic E-state index is 0.219. The zero-order valence-electron chi connectivity index (χ0n) is 8.76. The van der Waals surface area contributed by atoms with E-state index in [9.17, 15) is 4.79 Å². The molecule has 0 saturated carbocycles. The molecule has 2 rings (SSSR count). The highest BCUT2D eigenvalue weighted by Crippen LogP contribution is 2.10. The molecule has 0 fully saturated rings. The van der Waals surface area contributed by atoms with Gasteiger partial charge in [0.15, 0.2) is 0 Å². The molecule has 0 aliphatic carbocycles. The number of hydrogen-bond acceptors (Lipinski definition) is 3. The van der Waals surface area contributed by atoms with Crippen molar-refractivity contribution in [3.8, 4) is 0 Å². The Labute approximate surface area is 111 Å². The molecule has 86 valence electrons. The lowest BCUT2D eigenvalue weighted by Gasteiger charge is -1.99. The van der Waals surface area contributed by atoms with Crippen LogP contribution in [0.4, 0.5) is 0 Å². The van der Waals surface area contributed by atoms with E-state index in [4.69, 9.17) is 0 Å². The SMILES string of the molecule is O=C(N/N=C\c1ccsc1)c1ccc(Br)cc1. The number of nitrogens with zero attached hydrogens (tertiary/aromatic N) is 1. The van der Waals surface area contributed by atoms with E-state index in [1.807, 2.05) is 29.0 Å². The lowest BCUT2D eigenvalue weighted by molar-refractivity contribution is 0.0955. The molecular formula is C12H9BrN2OS. The fourth-order valence-electron chi connectivity index (χ4n) is 1.18. The van der Waals surface area contributed by atoms with Crippen molar-refractivity contribution in [1.82, 2.24) is 5.43 Å². The quantitative estimate of drug-likeness (QED) is 0.686. The standard InChI is InChI=1S/C12H9BrN2OS/c13-11-3-1-10(2-4-11)12(16)15-14-7-9-5-6-17-8-9/h1-8H,(H,15,16)/b14-7-. The van der Waals surface area contributed by atoms with Crippen LogP contribution in [0.5, 0.6) is 0 Å². The first-order valence-corrected chi connectivity index (χ1v) is 6.60. The molecule has 0 spiro atoms. The van der Waals surface area contributed by atoms with Crippen LogP contribution in [0.15, 0.2) is 50.7 Å². The van der Waals surface area contributed by atoms with Crippen LogP contribution in [-0.2, 0) is 0 Å². The molecule has 1 heterocycles. The summed E-state index contributed by atoms with van der Waals surface area (Å²) in [6, 6.07) is 9.04. The Kier molecular flexibility index (Phi) is 4.06. The van der Waals surface area contributed by atoms with Gasteiger partial charge >= 0.3 is 0 Å². The van der Waals surface area contributed by atoms with Gasteiger partial charge in [-0.1, -0.05) is 15.9 Å². The summed E-state index contributed by atoms with van der Waals surface area (Å²) in [5, 5.41) is 7.79. The van der Waals surface area contributed by atoms with Gasteiger partial charge < -0.3 is 0 Å². The average molecular weight is 309 g/mol. The monoisotopic (exact) mass is 308 g/mol. The Morgan fingerprint density at radius 3 is 2.71 bits per heavy atom. The van der Waals surface area contributed by atoms with Gasteiger partial charge in [0.05, 0.1) is 6.21 Å². The van der Waals surface area contributed by atoms with Gasteiger partial charge in [-0.05, 0) is 41.1 Å². The summed E-state index contributed by atoms with van der Waals surface area (Å²) in [5.41, 5.74) is 4.03. The van der Waals surface area contributed by atoms with Gasteiger partial charge in [-0.15, -0.1) is 0 Å². The second-order valence-corrected chi connectivity index (χ2v) is 4.96. The summed E-state index contributed by atoms with van der Waals surface area (Å²) in [6.07, 6.45) is 1.62. The van der Waals surface area contributed by atoms with Gasteiger partial charge in [0.1, 0.15) is 0 Å². The van der Waals surface area contributed by atoms with Gasteiger partial charge in [0.2, 0.25) is 0 Å². The van der Waals surface area contributed by atoms with Crippen LogP contribution in [0.1, 0.15) is 15.9 Å². The van der Waals surface area contributed by atoms with Crippen molar-refractivity contribution >= 4 is 39.4 Å². The number of nitrogens with one attached hydrogen (secondary N) is 1. The molecule has 0 aliphatic heterocycles. The van der Waals surface area contributed by atoms with Crippen molar-refractivity contribution in [2.45, 2.75) is 0 Å². The maximum Gasteiger partial charge on any atom is 0.271 e. The summed E-state index contributed by atoms with van der Waals surface area (Å²) < 4.78 is 0.941. The van der Waals surface area contributed by atoms with E-state index in [-0.39, 0.29) is 5.91 Å². The van der Waals surface area contributed by atoms with Gasteiger partial charge in [0.25, 0.3) is 5.91 Å². The van der Waals surface area contributed by atoms with E-state index in [2.05, 4.69) is 26.5 Å². The zero-order chi connectivity index (χ0) is 12.1. The summed E-state index contributed by atoms with van der Waals surface area (Å²) in [6.45, 7) is 0. The average Bonchev–Trinajstić information content (AvgIpc) is 2.83. The van der Waals surface area contributed by atoms with Gasteiger partial charge in [-0.3, -0.25) is 4.79 Å². The number of rotatable bonds is 3. The molecule has 0 radical (unpaired) electrons. The molecule has 1 aromatic carbocycles. The second-order valence-electron chi connectivity index (χ2n) is 3.26. The van der Waals surface area contributed by atoms with Crippen LogP contribution >= 0.6 is 27.3 Å². The summed E-state index contributed by atoms with van der Waals surface area (Å²) in [7, 11) is 0. The normalized spacial score (nSPS) is 10.6. The summed E-state index contributed by atoms with van der Waals surface area (Å²) >= 11 is 4.90. The molecule has 3 nitrogen and oxygen atoms in total. The van der Waals surface area contributed by atoms with Crippen molar-refractivity contribution in [2.24, 2.45) is 5.10 Å². The lowest BCUT2D eigenvalue weighted by Crippen LogP contribution is -2.17. The largest absolute Gasteiger partial charge is 0.271 e. The predicted octanol–water partition coefficient (Wildman–Crippen LogP) is 3.27. The molecule has 2 aromatic rings. The minimum Gasteiger partial charge on any atom is -0.267 e. The van der Waals surface area contributed by atoms with Crippen molar-refractivity contribution in [3.05, 3.63) is 56.7 Å². The number of amides is 1. The number of hydrazone groups is 1. The zero-order valence-corrected chi connectivity index (χ0v) is 11.2. The van der Waals surface area contributed by atoms with Gasteiger partial charge in [0, 0.05) is 15.6 Å². The van der Waals surface area contributed by atoms with Crippen LogP contribution in [0.2, 0.25) is 0 Å². The van der Waals surface area contributed by atoms with E-state index in [1.54, 1.807) is 29.7 Å². The molecule has 0 atom stereocenters. The molecule has 0 aliphatic rings. The fourth-order valence-corrected chi connectivity index (χ4v) is 2.05.